The van der Waals surface area contributed by atoms with Gasteiger partial charge in [-0.3, -0.25) is 13.6 Å². The van der Waals surface area contributed by atoms with Gasteiger partial charge in [0.15, 0.2) is 6.35 Å². The summed E-state index contributed by atoms with van der Waals surface area (Å²) < 4.78 is 40.2. The van der Waals surface area contributed by atoms with Gasteiger partial charge in [-0.1, -0.05) is 26.7 Å². The number of hydrogen-bond donors (Lipinski definition) is 4. The van der Waals surface area contributed by atoms with Crippen LogP contribution < -0.4 is 5.32 Å². The first kappa shape index (κ1) is 26.0. The number of hydrogen-bond acceptors (Lipinski definition) is 8. The summed E-state index contributed by atoms with van der Waals surface area (Å²) in [5.74, 6) is 0.596. The summed E-state index contributed by atoms with van der Waals surface area (Å²) in [6, 6.07) is 2.26. The van der Waals surface area contributed by atoms with Gasteiger partial charge in [-0.2, -0.15) is 4.98 Å². The second-order valence-electron chi connectivity index (χ2n) is 8.90. The zero-order valence-corrected chi connectivity index (χ0v) is 21.3. The molecule has 4 rings (SSSR count). The topological polar surface area (TPSA) is 165 Å². The van der Waals surface area contributed by atoms with Crippen LogP contribution in [0, 0.1) is 11.8 Å². The predicted octanol–water partition coefficient (Wildman–Crippen LogP) is 3.88. The van der Waals surface area contributed by atoms with Crippen molar-refractivity contribution in [3.05, 3.63) is 17.5 Å². The SMILES string of the molecule is C[C@@H]1[C@H](C)[C@H](COP(=O)(O)OCP(=O)(O)O)O[C@H]1n1ccc2c(NC3CCCC3)nc(Cl)nc21. The highest BCUT2D eigenvalue weighted by Crippen LogP contribution is 2.50. The van der Waals surface area contributed by atoms with E-state index in [1.165, 1.54) is 12.8 Å². The van der Waals surface area contributed by atoms with Gasteiger partial charge in [0.05, 0.1) is 18.1 Å². The predicted molar refractivity (Wildman–Crippen MR) is 124 cm³/mol. The van der Waals surface area contributed by atoms with Crippen LogP contribution >= 0.6 is 27.0 Å². The molecule has 190 valence electrons. The highest BCUT2D eigenvalue weighted by atomic mass is 35.5. The van der Waals surface area contributed by atoms with Crippen LogP contribution in [0.5, 0.6) is 0 Å². The molecule has 15 heteroatoms. The molecule has 34 heavy (non-hydrogen) atoms. The summed E-state index contributed by atoms with van der Waals surface area (Å²) in [5.41, 5.74) is 0.615. The summed E-state index contributed by atoms with van der Waals surface area (Å²) in [4.78, 5) is 36.2. The molecular formula is C19H29ClN4O8P2. The average molecular weight is 539 g/mol. The number of ether oxygens (including phenoxy) is 1. The van der Waals surface area contributed by atoms with E-state index in [0.717, 1.165) is 18.2 Å². The van der Waals surface area contributed by atoms with E-state index in [-0.39, 0.29) is 23.7 Å². The van der Waals surface area contributed by atoms with Gasteiger partial charge in [0.25, 0.3) is 0 Å². The summed E-state index contributed by atoms with van der Waals surface area (Å²) in [6.07, 6.45) is 4.16. The Bertz CT molecular complexity index is 1120. The molecule has 1 saturated carbocycles. The fraction of sp³-hybridized carbons (Fsp3) is 0.684. The molecule has 1 unspecified atom stereocenters. The first-order valence-corrected chi connectivity index (χ1v) is 14.7. The first-order chi connectivity index (χ1) is 15.9. The monoisotopic (exact) mass is 538 g/mol. The molecule has 1 aliphatic heterocycles. The van der Waals surface area contributed by atoms with Crippen molar-refractivity contribution in [2.75, 3.05) is 18.3 Å². The van der Waals surface area contributed by atoms with E-state index in [4.69, 9.17) is 30.6 Å². The van der Waals surface area contributed by atoms with Crippen LogP contribution in [0.15, 0.2) is 12.3 Å². The van der Waals surface area contributed by atoms with Crippen molar-refractivity contribution in [3.8, 4) is 0 Å². The Balaban J connectivity index is 1.49. The van der Waals surface area contributed by atoms with E-state index in [0.29, 0.717) is 17.5 Å². The Kier molecular flexibility index (Phi) is 7.74. The lowest BCUT2D eigenvalue weighted by molar-refractivity contribution is -0.0340. The summed E-state index contributed by atoms with van der Waals surface area (Å²) in [7, 11) is -9.27. The van der Waals surface area contributed by atoms with Crippen molar-refractivity contribution in [2.24, 2.45) is 11.8 Å². The fourth-order valence-corrected chi connectivity index (χ4v) is 6.23. The maximum absolute atomic E-state index is 12.0. The minimum Gasteiger partial charge on any atom is -0.367 e. The molecule has 2 fully saturated rings. The van der Waals surface area contributed by atoms with Gasteiger partial charge >= 0.3 is 15.4 Å². The minimum absolute atomic E-state index is 0.0155. The molecule has 3 heterocycles. The Morgan fingerprint density at radius 3 is 2.56 bits per heavy atom. The molecule has 0 spiro atoms. The lowest BCUT2D eigenvalue weighted by atomic mass is 9.93. The van der Waals surface area contributed by atoms with Crippen molar-refractivity contribution in [3.63, 3.8) is 0 Å². The maximum atomic E-state index is 12.0. The van der Waals surface area contributed by atoms with Gasteiger partial charge in [-0.05, 0) is 36.4 Å². The van der Waals surface area contributed by atoms with Gasteiger partial charge in [0.1, 0.15) is 17.7 Å². The second-order valence-corrected chi connectivity index (χ2v) is 12.3. The number of rotatable bonds is 9. The number of nitrogens with zero attached hydrogens (tertiary/aromatic N) is 3. The number of halogens is 1. The largest absolute Gasteiger partial charge is 0.472 e. The molecule has 2 aromatic rings. The molecule has 0 amide bonds. The molecule has 2 aliphatic rings. The first-order valence-electron chi connectivity index (χ1n) is 11.1. The molecule has 12 nitrogen and oxygen atoms in total. The molecule has 2 aromatic heterocycles. The number of phosphoric acid groups is 1. The van der Waals surface area contributed by atoms with Crippen LogP contribution in [0.1, 0.15) is 45.8 Å². The van der Waals surface area contributed by atoms with Gasteiger partial charge in [-0.15, -0.1) is 0 Å². The highest BCUT2D eigenvalue weighted by molar-refractivity contribution is 7.53. The standard InChI is InChI=1S/C19H29ClN4O8P2/c1-11-12(2)18(32-15(11)9-30-34(28,29)31-10-33(25,26)27)24-8-7-14-16(21-13-5-3-4-6-13)22-19(20)23-17(14)24/h7-8,11-13,15,18H,3-6,9-10H2,1-2H3,(H,28,29)(H,21,22,23)(H2,25,26,27)/t11-,12+,15-,18+/m0/s1. The lowest BCUT2D eigenvalue weighted by Gasteiger charge is -2.19. The highest BCUT2D eigenvalue weighted by Gasteiger charge is 2.42. The number of anilines is 1. The summed E-state index contributed by atoms with van der Waals surface area (Å²) >= 11 is 6.24. The van der Waals surface area contributed by atoms with E-state index in [2.05, 4.69) is 19.8 Å². The lowest BCUT2D eigenvalue weighted by Crippen LogP contribution is -2.21. The molecule has 0 aromatic carbocycles. The van der Waals surface area contributed by atoms with E-state index < -0.39 is 34.1 Å². The van der Waals surface area contributed by atoms with Crippen molar-refractivity contribution >= 4 is 43.9 Å². The van der Waals surface area contributed by atoms with Crippen molar-refractivity contribution in [2.45, 2.75) is 57.9 Å². The quantitative estimate of drug-likeness (QED) is 0.270. The van der Waals surface area contributed by atoms with Gasteiger partial charge in [0, 0.05) is 18.2 Å². The van der Waals surface area contributed by atoms with E-state index >= 15 is 0 Å². The van der Waals surface area contributed by atoms with Crippen molar-refractivity contribution < 1.29 is 37.6 Å². The Morgan fingerprint density at radius 1 is 1.18 bits per heavy atom. The smallest absolute Gasteiger partial charge is 0.367 e. The van der Waals surface area contributed by atoms with E-state index in [1.807, 2.05) is 30.7 Å². The van der Waals surface area contributed by atoms with Crippen LogP contribution in [-0.4, -0.2) is 54.3 Å². The Morgan fingerprint density at radius 2 is 1.88 bits per heavy atom. The van der Waals surface area contributed by atoms with Gasteiger partial charge < -0.3 is 29.3 Å². The fourth-order valence-electron chi connectivity index (χ4n) is 4.47. The van der Waals surface area contributed by atoms with Crippen LogP contribution in [0.2, 0.25) is 5.28 Å². The zero-order chi connectivity index (χ0) is 24.7. The zero-order valence-electron chi connectivity index (χ0n) is 18.8. The Labute approximate surface area is 201 Å². The van der Waals surface area contributed by atoms with Crippen LogP contribution in [0.4, 0.5) is 5.82 Å². The molecule has 1 aliphatic carbocycles. The molecule has 0 bridgehead atoms. The van der Waals surface area contributed by atoms with Gasteiger partial charge in [0.2, 0.25) is 5.28 Å². The molecule has 5 atom stereocenters. The van der Waals surface area contributed by atoms with E-state index in [9.17, 15) is 14.0 Å². The molecule has 0 radical (unpaired) electrons. The third kappa shape index (κ3) is 6.00. The summed E-state index contributed by atoms with van der Waals surface area (Å²) in [5, 5.41) is 4.42. The summed E-state index contributed by atoms with van der Waals surface area (Å²) in [6.45, 7) is 3.63. The third-order valence-electron chi connectivity index (χ3n) is 6.49. The molecular weight excluding hydrogens is 510 g/mol. The third-order valence-corrected chi connectivity index (χ3v) is 8.25. The number of phosphoric ester groups is 1. The van der Waals surface area contributed by atoms with Gasteiger partial charge in [-0.25, -0.2) is 9.55 Å². The van der Waals surface area contributed by atoms with Crippen molar-refractivity contribution in [1.82, 2.24) is 14.5 Å². The Hall–Kier alpha value is -1.07. The van der Waals surface area contributed by atoms with Crippen LogP contribution in [-0.2, 0) is 22.9 Å². The van der Waals surface area contributed by atoms with Crippen molar-refractivity contribution in [1.29, 1.82) is 0 Å². The van der Waals surface area contributed by atoms with Crippen LogP contribution in [0.3, 0.4) is 0 Å². The maximum Gasteiger partial charge on any atom is 0.472 e. The minimum atomic E-state index is -4.66. The van der Waals surface area contributed by atoms with Crippen LogP contribution in [0.25, 0.3) is 11.0 Å². The number of aromatic nitrogens is 3. The number of fused-ring (bicyclic) bond motifs is 1. The number of nitrogens with one attached hydrogen (secondary N) is 1. The molecule has 1 saturated heterocycles. The average Bonchev–Trinajstić information content (AvgIpc) is 3.46. The molecule has 4 N–H and O–H groups in total. The van der Waals surface area contributed by atoms with E-state index in [1.54, 1.807) is 0 Å². The second kappa shape index (κ2) is 10.1. The normalized spacial score (nSPS) is 27.9.